The Balaban J connectivity index is 2.46. The molecule has 4 nitrogen and oxygen atoms in total. The van der Waals surface area contributed by atoms with Crippen molar-refractivity contribution in [2.24, 2.45) is 12.8 Å². The number of amides is 1. The zero-order valence-corrected chi connectivity index (χ0v) is 12.7. The molecule has 1 aromatic heterocycles. The van der Waals surface area contributed by atoms with Gasteiger partial charge in [-0.1, -0.05) is 18.2 Å². The third-order valence-electron chi connectivity index (χ3n) is 3.99. The topological polar surface area (TPSA) is 71.8 Å². The quantitative estimate of drug-likeness (QED) is 0.789. The molecule has 3 rings (SSSR count). The number of primary amides is 1. The second-order valence-corrected chi connectivity index (χ2v) is 5.46. The van der Waals surface area contributed by atoms with Gasteiger partial charge in [-0.25, -0.2) is 4.39 Å². The summed E-state index contributed by atoms with van der Waals surface area (Å²) in [6.07, 6.45) is 0. The second kappa shape index (κ2) is 5.25. The van der Waals surface area contributed by atoms with E-state index in [1.165, 1.54) is 0 Å². The van der Waals surface area contributed by atoms with Crippen molar-refractivity contribution < 1.29 is 9.18 Å². The number of carbonyl (C=O) groups excluding carboxylic acids is 1. The van der Waals surface area contributed by atoms with Crippen molar-refractivity contribution in [3.05, 3.63) is 59.0 Å². The first-order valence-electron chi connectivity index (χ1n) is 7.03. The number of nitrogens with zero attached hydrogens (tertiary/aromatic N) is 2. The van der Waals surface area contributed by atoms with Gasteiger partial charge in [-0.3, -0.25) is 4.79 Å². The maximum Gasteiger partial charge on any atom is 0.265 e. The van der Waals surface area contributed by atoms with Crippen LogP contribution in [-0.4, -0.2) is 10.5 Å². The monoisotopic (exact) mass is 307 g/mol. The second-order valence-electron chi connectivity index (χ2n) is 5.46. The van der Waals surface area contributed by atoms with Crippen LogP contribution in [0.4, 0.5) is 4.39 Å². The fourth-order valence-corrected chi connectivity index (χ4v) is 2.87. The van der Waals surface area contributed by atoms with Gasteiger partial charge in [0.25, 0.3) is 5.91 Å². The number of aryl methyl sites for hydroxylation is 2. The number of fused-ring (bicyclic) bond motifs is 1. The molecule has 0 bridgehead atoms. The van der Waals surface area contributed by atoms with E-state index in [4.69, 9.17) is 5.73 Å². The molecule has 0 unspecified atom stereocenters. The predicted molar refractivity (Wildman–Crippen MR) is 86.3 cm³/mol. The van der Waals surface area contributed by atoms with Crippen molar-refractivity contribution in [2.45, 2.75) is 6.92 Å². The van der Waals surface area contributed by atoms with Crippen LogP contribution in [0, 0.1) is 24.1 Å². The first kappa shape index (κ1) is 14.8. The van der Waals surface area contributed by atoms with Crippen LogP contribution in [0.2, 0.25) is 0 Å². The fraction of sp³-hybridized carbons (Fsp3) is 0.111. The van der Waals surface area contributed by atoms with Crippen LogP contribution in [0.25, 0.3) is 22.0 Å². The minimum Gasteiger partial charge on any atom is -0.364 e. The van der Waals surface area contributed by atoms with E-state index in [1.807, 2.05) is 0 Å². The highest BCUT2D eigenvalue weighted by molar-refractivity contribution is 6.03. The number of nitriles is 1. The molecule has 0 fully saturated rings. The minimum atomic E-state index is -0.571. The molecule has 3 aromatic rings. The molecule has 0 atom stereocenters. The van der Waals surface area contributed by atoms with E-state index in [9.17, 15) is 14.4 Å². The highest BCUT2D eigenvalue weighted by Crippen LogP contribution is 2.34. The summed E-state index contributed by atoms with van der Waals surface area (Å²) in [7, 11) is 1.70. The smallest absolute Gasteiger partial charge is 0.265 e. The molecule has 114 valence electrons. The predicted octanol–water partition coefficient (Wildman–Crippen LogP) is 3.26. The van der Waals surface area contributed by atoms with E-state index >= 15 is 0 Å². The number of hydrogen-bond acceptors (Lipinski definition) is 2. The van der Waals surface area contributed by atoms with E-state index in [-0.39, 0.29) is 5.82 Å². The van der Waals surface area contributed by atoms with Crippen LogP contribution in [0.3, 0.4) is 0 Å². The fourth-order valence-electron chi connectivity index (χ4n) is 2.87. The molecular weight excluding hydrogens is 293 g/mol. The molecule has 0 spiro atoms. The summed E-state index contributed by atoms with van der Waals surface area (Å²) in [5, 5.41) is 9.91. The number of hydrogen-bond donors (Lipinski definition) is 1. The van der Waals surface area contributed by atoms with E-state index in [2.05, 4.69) is 6.07 Å². The molecular formula is C18H14FN3O. The van der Waals surface area contributed by atoms with Crippen molar-refractivity contribution in [3.8, 4) is 17.2 Å². The highest BCUT2D eigenvalue weighted by Gasteiger charge is 2.18. The Bertz CT molecular complexity index is 996. The van der Waals surface area contributed by atoms with Gasteiger partial charge in [0.2, 0.25) is 0 Å². The lowest BCUT2D eigenvalue weighted by molar-refractivity contribution is 0.0993. The third-order valence-corrected chi connectivity index (χ3v) is 3.99. The van der Waals surface area contributed by atoms with Gasteiger partial charge >= 0.3 is 0 Å². The third kappa shape index (κ3) is 2.25. The van der Waals surface area contributed by atoms with Gasteiger partial charge in [0.1, 0.15) is 11.5 Å². The van der Waals surface area contributed by atoms with Crippen LogP contribution < -0.4 is 5.73 Å². The largest absolute Gasteiger partial charge is 0.364 e. The molecule has 1 heterocycles. The van der Waals surface area contributed by atoms with Crippen molar-refractivity contribution in [1.29, 1.82) is 5.26 Å². The average molecular weight is 307 g/mol. The first-order chi connectivity index (χ1) is 10.9. The molecule has 5 heteroatoms. The minimum absolute atomic E-state index is 0.310. The molecule has 0 saturated heterocycles. The zero-order valence-electron chi connectivity index (χ0n) is 12.7. The normalized spacial score (nSPS) is 10.7. The number of carbonyl (C=O) groups is 1. The lowest BCUT2D eigenvalue weighted by atomic mass is 9.98. The van der Waals surface area contributed by atoms with Crippen LogP contribution in [0.1, 0.15) is 21.6 Å². The Morgan fingerprint density at radius 2 is 2.00 bits per heavy atom. The van der Waals surface area contributed by atoms with Crippen molar-refractivity contribution in [3.63, 3.8) is 0 Å². The Labute approximate surface area is 132 Å². The van der Waals surface area contributed by atoms with E-state index < -0.39 is 5.91 Å². The average Bonchev–Trinajstić information content (AvgIpc) is 2.86. The molecule has 0 aliphatic heterocycles. The summed E-state index contributed by atoms with van der Waals surface area (Å²) in [4.78, 5) is 11.6. The van der Waals surface area contributed by atoms with Crippen molar-refractivity contribution >= 4 is 16.8 Å². The standard InChI is InChI=1S/C18H14FN3O/c1-10-4-3-5-13(16(10)19)14-7-11(9-20)6-12-8-15(18(21)23)22(2)17(12)14/h3-8H,1-2H3,(H2,21,23). The van der Waals surface area contributed by atoms with Crippen LogP contribution in [0.5, 0.6) is 0 Å². The van der Waals surface area contributed by atoms with Crippen LogP contribution >= 0.6 is 0 Å². The zero-order chi connectivity index (χ0) is 16.7. The Morgan fingerprint density at radius 3 is 2.65 bits per heavy atom. The van der Waals surface area contributed by atoms with Gasteiger partial charge in [-0.15, -0.1) is 0 Å². The summed E-state index contributed by atoms with van der Waals surface area (Å²) in [6.45, 7) is 1.68. The summed E-state index contributed by atoms with van der Waals surface area (Å²) >= 11 is 0. The molecule has 0 aliphatic carbocycles. The summed E-state index contributed by atoms with van der Waals surface area (Å²) in [5.74, 6) is -0.913. The van der Waals surface area contributed by atoms with Crippen LogP contribution in [-0.2, 0) is 7.05 Å². The van der Waals surface area contributed by atoms with Gasteiger partial charge in [0, 0.05) is 23.6 Å². The van der Waals surface area contributed by atoms with Crippen molar-refractivity contribution in [1.82, 2.24) is 4.57 Å². The van der Waals surface area contributed by atoms with E-state index in [0.29, 0.717) is 38.9 Å². The number of aromatic nitrogens is 1. The lowest BCUT2D eigenvalue weighted by Crippen LogP contribution is -2.15. The van der Waals surface area contributed by atoms with E-state index in [0.717, 1.165) is 0 Å². The molecule has 0 aliphatic rings. The summed E-state index contributed by atoms with van der Waals surface area (Å²) in [5.41, 5.74) is 8.24. The lowest BCUT2D eigenvalue weighted by Gasteiger charge is -2.10. The van der Waals surface area contributed by atoms with Crippen molar-refractivity contribution in [2.75, 3.05) is 0 Å². The molecule has 2 N–H and O–H groups in total. The summed E-state index contributed by atoms with van der Waals surface area (Å²) in [6, 6.07) is 12.1. The number of benzene rings is 2. The molecule has 1 amide bonds. The molecule has 23 heavy (non-hydrogen) atoms. The van der Waals surface area contributed by atoms with E-state index in [1.54, 1.807) is 54.9 Å². The van der Waals surface area contributed by atoms with Gasteiger partial charge < -0.3 is 10.3 Å². The maximum atomic E-state index is 14.6. The van der Waals surface area contributed by atoms with Crippen LogP contribution in [0.15, 0.2) is 36.4 Å². The molecule has 2 aromatic carbocycles. The molecule has 0 saturated carbocycles. The number of nitrogens with two attached hydrogens (primary N) is 1. The molecule has 0 radical (unpaired) electrons. The van der Waals surface area contributed by atoms with Gasteiger partial charge in [-0.2, -0.15) is 5.26 Å². The first-order valence-corrected chi connectivity index (χ1v) is 7.03. The number of halogens is 1. The van der Waals surface area contributed by atoms with Gasteiger partial charge in [-0.05, 0) is 30.7 Å². The SMILES string of the molecule is Cc1cccc(-c2cc(C#N)cc3cc(C(N)=O)n(C)c23)c1F. The highest BCUT2D eigenvalue weighted by atomic mass is 19.1. The maximum absolute atomic E-state index is 14.6. The summed E-state index contributed by atoms with van der Waals surface area (Å²) < 4.78 is 16.2. The Kier molecular flexibility index (Phi) is 3.38. The van der Waals surface area contributed by atoms with Gasteiger partial charge in [0.05, 0.1) is 17.1 Å². The van der Waals surface area contributed by atoms with Gasteiger partial charge in [0.15, 0.2) is 0 Å². The Morgan fingerprint density at radius 1 is 1.26 bits per heavy atom. The Hall–Kier alpha value is -3.13. The number of rotatable bonds is 2.